The monoisotopic (exact) mass is 418 g/mol. The highest BCUT2D eigenvalue weighted by atomic mass is 127. The lowest BCUT2D eigenvalue weighted by atomic mass is 10.1. The number of H-pyrrole nitrogens is 1. The highest BCUT2D eigenvalue weighted by Crippen LogP contribution is 2.27. The lowest BCUT2D eigenvalue weighted by molar-refractivity contribution is 0.313. The highest BCUT2D eigenvalue weighted by Gasteiger charge is 2.14. The summed E-state index contributed by atoms with van der Waals surface area (Å²) in [5.41, 5.74) is 4.65. The zero-order valence-electron chi connectivity index (χ0n) is 13.1. The number of rotatable bonds is 2. The summed E-state index contributed by atoms with van der Waals surface area (Å²) in [4.78, 5) is 12.6. The number of nitrogens with zero attached hydrogens (tertiary/aromatic N) is 3. The lowest BCUT2D eigenvalue weighted by Gasteiger charge is -2.34. The van der Waals surface area contributed by atoms with Crippen molar-refractivity contribution in [2.24, 2.45) is 0 Å². The summed E-state index contributed by atoms with van der Waals surface area (Å²) in [6.45, 7) is 4.47. The van der Waals surface area contributed by atoms with E-state index in [9.17, 15) is 0 Å². The van der Waals surface area contributed by atoms with Gasteiger partial charge < -0.3 is 14.8 Å². The minimum Gasteiger partial charge on any atom is -0.369 e. The van der Waals surface area contributed by atoms with Crippen LogP contribution in [0.5, 0.6) is 0 Å². The van der Waals surface area contributed by atoms with Gasteiger partial charge in [-0.2, -0.15) is 0 Å². The number of piperazine rings is 1. The first-order valence-electron chi connectivity index (χ1n) is 7.87. The smallest absolute Gasteiger partial charge is 0.138 e. The Morgan fingerprint density at radius 2 is 1.78 bits per heavy atom. The van der Waals surface area contributed by atoms with E-state index in [0.717, 1.165) is 31.8 Å². The number of aromatic nitrogens is 2. The van der Waals surface area contributed by atoms with Crippen molar-refractivity contribution in [3.63, 3.8) is 0 Å². The topological polar surface area (TPSA) is 35.2 Å². The SMILES string of the molecule is CN1CCN(c2ccc(-c3cnc4[nH]cc(I)c4c3)cc2)CC1. The van der Waals surface area contributed by atoms with Crippen molar-refractivity contribution in [2.45, 2.75) is 0 Å². The van der Waals surface area contributed by atoms with Gasteiger partial charge in [0.05, 0.1) is 0 Å². The number of fused-ring (bicyclic) bond motifs is 1. The maximum atomic E-state index is 4.52. The van der Waals surface area contributed by atoms with Crippen LogP contribution in [-0.2, 0) is 0 Å². The van der Waals surface area contributed by atoms with Crippen LogP contribution in [0.4, 0.5) is 5.69 Å². The summed E-state index contributed by atoms with van der Waals surface area (Å²) < 4.78 is 1.21. The molecular weight excluding hydrogens is 399 g/mol. The molecule has 4 rings (SSSR count). The fourth-order valence-corrected chi connectivity index (χ4v) is 3.63. The van der Waals surface area contributed by atoms with E-state index in [2.05, 4.69) is 79.7 Å². The van der Waals surface area contributed by atoms with Gasteiger partial charge in [0.15, 0.2) is 0 Å². The standard InChI is InChI=1S/C18H19IN4/c1-22-6-8-23(9-7-22)15-4-2-13(3-5-15)14-10-16-17(19)12-21-18(16)20-11-14/h2-5,10-12H,6-9H2,1H3,(H,20,21). The third-order valence-electron chi connectivity index (χ3n) is 4.55. The molecule has 23 heavy (non-hydrogen) atoms. The predicted octanol–water partition coefficient (Wildman–Crippen LogP) is 3.59. The van der Waals surface area contributed by atoms with Crippen molar-refractivity contribution in [3.8, 4) is 11.1 Å². The first kappa shape index (κ1) is 15.0. The molecule has 1 aliphatic heterocycles. The van der Waals surface area contributed by atoms with Crippen LogP contribution in [0, 0.1) is 3.57 Å². The third kappa shape index (κ3) is 2.95. The molecule has 3 aromatic rings. The van der Waals surface area contributed by atoms with Gasteiger partial charge in [0.1, 0.15) is 5.65 Å². The van der Waals surface area contributed by atoms with Gasteiger partial charge in [0.25, 0.3) is 0 Å². The van der Waals surface area contributed by atoms with Crippen LogP contribution in [-0.4, -0.2) is 48.1 Å². The Morgan fingerprint density at radius 3 is 2.52 bits per heavy atom. The normalized spacial score (nSPS) is 16.2. The van der Waals surface area contributed by atoms with Gasteiger partial charge in [-0.25, -0.2) is 4.98 Å². The number of hydrogen-bond donors (Lipinski definition) is 1. The molecule has 1 saturated heterocycles. The Kier molecular flexibility index (Phi) is 3.98. The molecule has 1 N–H and O–H groups in total. The van der Waals surface area contributed by atoms with Crippen LogP contribution < -0.4 is 4.90 Å². The molecule has 4 nitrogen and oxygen atoms in total. The van der Waals surface area contributed by atoms with E-state index in [1.54, 1.807) is 0 Å². The summed E-state index contributed by atoms with van der Waals surface area (Å²) in [7, 11) is 2.19. The van der Waals surface area contributed by atoms with Gasteiger partial charge in [0.2, 0.25) is 0 Å². The molecule has 0 bridgehead atoms. The van der Waals surface area contributed by atoms with Gasteiger partial charge in [0, 0.05) is 58.8 Å². The van der Waals surface area contributed by atoms with Gasteiger partial charge >= 0.3 is 0 Å². The number of benzene rings is 1. The van der Waals surface area contributed by atoms with Crippen LogP contribution in [0.15, 0.2) is 42.7 Å². The van der Waals surface area contributed by atoms with Crippen LogP contribution in [0.2, 0.25) is 0 Å². The minimum atomic E-state index is 0.951. The van der Waals surface area contributed by atoms with Gasteiger partial charge in [-0.3, -0.25) is 0 Å². The second-order valence-corrected chi connectivity index (χ2v) is 7.26. The van der Waals surface area contributed by atoms with Crippen molar-refractivity contribution in [3.05, 3.63) is 46.3 Å². The number of halogens is 1. The number of nitrogens with one attached hydrogen (secondary N) is 1. The van der Waals surface area contributed by atoms with E-state index in [-0.39, 0.29) is 0 Å². The van der Waals surface area contributed by atoms with Crippen molar-refractivity contribution >= 4 is 39.3 Å². The molecule has 0 spiro atoms. The first-order chi connectivity index (χ1) is 11.2. The Bertz CT molecular complexity index is 817. The van der Waals surface area contributed by atoms with E-state index in [1.165, 1.54) is 25.8 Å². The van der Waals surface area contributed by atoms with Gasteiger partial charge in [-0.1, -0.05) is 12.1 Å². The zero-order valence-corrected chi connectivity index (χ0v) is 15.2. The Hall–Kier alpha value is -1.60. The Labute approximate surface area is 149 Å². The van der Waals surface area contributed by atoms with E-state index in [4.69, 9.17) is 0 Å². The number of hydrogen-bond acceptors (Lipinski definition) is 3. The predicted molar refractivity (Wildman–Crippen MR) is 104 cm³/mol. The number of anilines is 1. The Morgan fingerprint density at radius 1 is 1.04 bits per heavy atom. The average Bonchev–Trinajstić information content (AvgIpc) is 2.96. The fourth-order valence-electron chi connectivity index (χ4n) is 3.06. The fraction of sp³-hybridized carbons (Fsp3) is 0.278. The number of pyridine rings is 1. The van der Waals surface area contributed by atoms with Crippen molar-refractivity contribution in [2.75, 3.05) is 38.1 Å². The van der Waals surface area contributed by atoms with E-state index < -0.39 is 0 Å². The Balaban J connectivity index is 1.60. The molecular formula is C18H19IN4. The van der Waals surface area contributed by atoms with Crippen LogP contribution in [0.25, 0.3) is 22.2 Å². The summed E-state index contributed by atoms with van der Waals surface area (Å²) in [5, 5.41) is 1.19. The maximum Gasteiger partial charge on any atom is 0.138 e. The quantitative estimate of drug-likeness (QED) is 0.647. The van der Waals surface area contributed by atoms with Crippen molar-refractivity contribution in [1.29, 1.82) is 0 Å². The molecule has 0 amide bonds. The summed E-state index contributed by atoms with van der Waals surface area (Å²) >= 11 is 2.34. The first-order valence-corrected chi connectivity index (χ1v) is 8.95. The van der Waals surface area contributed by atoms with Gasteiger partial charge in [-0.15, -0.1) is 0 Å². The van der Waals surface area contributed by atoms with Gasteiger partial charge in [-0.05, 0) is 53.4 Å². The zero-order chi connectivity index (χ0) is 15.8. The summed E-state index contributed by atoms with van der Waals surface area (Å²) in [6, 6.07) is 11.1. The molecule has 5 heteroatoms. The molecule has 2 aromatic heterocycles. The molecule has 118 valence electrons. The van der Waals surface area contributed by atoms with E-state index in [1.807, 2.05) is 12.4 Å². The minimum absolute atomic E-state index is 0.951. The molecule has 1 aliphatic rings. The molecule has 0 aliphatic carbocycles. The second kappa shape index (κ2) is 6.13. The number of aromatic amines is 1. The van der Waals surface area contributed by atoms with Crippen molar-refractivity contribution < 1.29 is 0 Å². The molecule has 0 saturated carbocycles. The lowest BCUT2D eigenvalue weighted by Crippen LogP contribution is -2.44. The summed E-state index contributed by atoms with van der Waals surface area (Å²) in [6.07, 6.45) is 3.94. The van der Waals surface area contributed by atoms with E-state index >= 15 is 0 Å². The molecule has 1 fully saturated rings. The summed E-state index contributed by atoms with van der Waals surface area (Å²) in [5.74, 6) is 0. The highest BCUT2D eigenvalue weighted by molar-refractivity contribution is 14.1. The molecule has 0 atom stereocenters. The maximum absolute atomic E-state index is 4.52. The molecule has 0 radical (unpaired) electrons. The molecule has 3 heterocycles. The largest absolute Gasteiger partial charge is 0.369 e. The van der Waals surface area contributed by atoms with Crippen LogP contribution in [0.3, 0.4) is 0 Å². The molecule has 1 aromatic carbocycles. The third-order valence-corrected chi connectivity index (χ3v) is 5.44. The average molecular weight is 418 g/mol. The van der Waals surface area contributed by atoms with Crippen LogP contribution in [0.1, 0.15) is 0 Å². The van der Waals surface area contributed by atoms with E-state index in [0.29, 0.717) is 0 Å². The second-order valence-electron chi connectivity index (χ2n) is 6.09. The van der Waals surface area contributed by atoms with Crippen molar-refractivity contribution in [1.82, 2.24) is 14.9 Å². The van der Waals surface area contributed by atoms with Crippen LogP contribution >= 0.6 is 22.6 Å². The number of likely N-dealkylation sites (N-methyl/N-ethyl adjacent to an activating group) is 1. The molecule has 0 unspecified atom stereocenters.